The lowest BCUT2D eigenvalue weighted by Gasteiger charge is -2.23. The molecule has 1 saturated heterocycles. The fraction of sp³-hybridized carbons (Fsp3) is 0.562. The summed E-state index contributed by atoms with van der Waals surface area (Å²) in [4.78, 5) is 37.6. The predicted molar refractivity (Wildman–Crippen MR) is 91.8 cm³/mol. The summed E-state index contributed by atoms with van der Waals surface area (Å²) in [7, 11) is 0. The van der Waals surface area contributed by atoms with Crippen molar-refractivity contribution in [2.75, 3.05) is 19.6 Å². The molecule has 1 aliphatic rings. The van der Waals surface area contributed by atoms with Gasteiger partial charge >= 0.3 is 0 Å². The lowest BCUT2D eigenvalue weighted by molar-refractivity contribution is -0.152. The molecule has 0 aliphatic carbocycles. The second-order valence-electron chi connectivity index (χ2n) is 5.98. The number of amides is 3. The molecule has 8 nitrogen and oxygen atoms in total. The Morgan fingerprint density at radius 3 is 2.76 bits per heavy atom. The number of carbonyl (C=O) groups excluding carboxylic acids is 3. The molecule has 3 amide bonds. The van der Waals surface area contributed by atoms with Gasteiger partial charge in [0.25, 0.3) is 11.8 Å². The van der Waals surface area contributed by atoms with Gasteiger partial charge in [-0.15, -0.1) is 11.3 Å². The molecule has 0 unspecified atom stereocenters. The highest BCUT2D eigenvalue weighted by molar-refractivity contribution is 7.09. The second-order valence-corrected chi connectivity index (χ2v) is 7.01. The van der Waals surface area contributed by atoms with Gasteiger partial charge in [0.1, 0.15) is 0 Å². The van der Waals surface area contributed by atoms with Gasteiger partial charge in [-0.1, -0.05) is 6.07 Å². The Labute approximate surface area is 149 Å². The van der Waals surface area contributed by atoms with Crippen molar-refractivity contribution in [3.05, 3.63) is 22.4 Å². The van der Waals surface area contributed by atoms with E-state index in [2.05, 4.69) is 10.6 Å². The summed E-state index contributed by atoms with van der Waals surface area (Å²) in [6, 6.07) is 3.67. The van der Waals surface area contributed by atoms with Gasteiger partial charge in [0, 0.05) is 37.5 Å². The quantitative estimate of drug-likeness (QED) is 0.485. The third kappa shape index (κ3) is 5.52. The molecule has 0 spiro atoms. The van der Waals surface area contributed by atoms with Crippen molar-refractivity contribution in [2.45, 2.75) is 38.0 Å². The van der Waals surface area contributed by atoms with Crippen molar-refractivity contribution in [2.24, 2.45) is 0 Å². The van der Waals surface area contributed by atoms with E-state index < -0.39 is 24.0 Å². The van der Waals surface area contributed by atoms with E-state index in [1.165, 1.54) is 11.8 Å². The summed E-state index contributed by atoms with van der Waals surface area (Å²) in [6.45, 7) is 2.31. The van der Waals surface area contributed by atoms with Gasteiger partial charge in [0.15, 0.2) is 12.2 Å². The van der Waals surface area contributed by atoms with E-state index >= 15 is 0 Å². The smallest absolute Gasteiger partial charge is 0.254 e. The lowest BCUT2D eigenvalue weighted by Crippen LogP contribution is -2.51. The van der Waals surface area contributed by atoms with Crippen molar-refractivity contribution in [3.8, 4) is 0 Å². The zero-order chi connectivity index (χ0) is 18.4. The van der Waals surface area contributed by atoms with Crippen molar-refractivity contribution >= 4 is 29.1 Å². The summed E-state index contributed by atoms with van der Waals surface area (Å²) >= 11 is 1.56. The van der Waals surface area contributed by atoms with Crippen LogP contribution in [0.5, 0.6) is 0 Å². The Kier molecular flexibility index (Phi) is 6.91. The zero-order valence-electron chi connectivity index (χ0n) is 14.0. The molecular weight excluding hydrogens is 346 g/mol. The molecule has 4 N–H and O–H groups in total. The van der Waals surface area contributed by atoms with E-state index in [0.717, 1.165) is 4.88 Å². The highest BCUT2D eigenvalue weighted by Gasteiger charge is 2.36. The highest BCUT2D eigenvalue weighted by Crippen LogP contribution is 2.12. The minimum absolute atomic E-state index is 0.176. The van der Waals surface area contributed by atoms with E-state index in [4.69, 9.17) is 0 Å². The molecule has 0 radical (unpaired) electrons. The van der Waals surface area contributed by atoms with Gasteiger partial charge in [-0.25, -0.2) is 0 Å². The summed E-state index contributed by atoms with van der Waals surface area (Å²) in [5, 5.41) is 27.0. The summed E-state index contributed by atoms with van der Waals surface area (Å²) in [5.41, 5.74) is 0. The normalized spacial score (nSPS) is 19.3. The second kappa shape index (κ2) is 8.93. The van der Waals surface area contributed by atoms with Crippen LogP contribution in [-0.2, 0) is 20.8 Å². The van der Waals surface area contributed by atoms with E-state index in [1.54, 1.807) is 11.3 Å². The summed E-state index contributed by atoms with van der Waals surface area (Å²) in [5.74, 6) is -1.69. The van der Waals surface area contributed by atoms with Gasteiger partial charge in [-0.2, -0.15) is 0 Å². The number of likely N-dealkylation sites (tertiary alicyclic amines) is 1. The molecule has 1 aromatic rings. The Morgan fingerprint density at radius 1 is 1.36 bits per heavy atom. The largest absolute Gasteiger partial charge is 0.380 e. The number of carbonyl (C=O) groups is 3. The van der Waals surface area contributed by atoms with Gasteiger partial charge < -0.3 is 25.7 Å². The molecule has 25 heavy (non-hydrogen) atoms. The molecule has 3 atom stereocenters. The fourth-order valence-corrected chi connectivity index (χ4v) is 3.41. The number of nitrogens with one attached hydrogen (secondary N) is 2. The van der Waals surface area contributed by atoms with Crippen molar-refractivity contribution in [3.63, 3.8) is 0 Å². The Hall–Kier alpha value is -1.97. The maximum absolute atomic E-state index is 12.2. The van der Waals surface area contributed by atoms with E-state index in [9.17, 15) is 24.6 Å². The average Bonchev–Trinajstić information content (AvgIpc) is 3.24. The van der Waals surface area contributed by atoms with Crippen molar-refractivity contribution < 1.29 is 24.6 Å². The van der Waals surface area contributed by atoms with Gasteiger partial charge in [0.05, 0.1) is 0 Å². The van der Waals surface area contributed by atoms with Crippen LogP contribution in [0.3, 0.4) is 0 Å². The maximum Gasteiger partial charge on any atom is 0.254 e. The summed E-state index contributed by atoms with van der Waals surface area (Å²) < 4.78 is 0. The third-order valence-electron chi connectivity index (χ3n) is 3.98. The van der Waals surface area contributed by atoms with Crippen LogP contribution < -0.4 is 10.6 Å². The van der Waals surface area contributed by atoms with E-state index in [-0.39, 0.29) is 18.5 Å². The maximum atomic E-state index is 12.2. The van der Waals surface area contributed by atoms with E-state index in [1.807, 2.05) is 17.5 Å². The predicted octanol–water partition coefficient (Wildman–Crippen LogP) is -1.13. The van der Waals surface area contributed by atoms with Crippen molar-refractivity contribution in [1.82, 2.24) is 15.5 Å². The first-order chi connectivity index (χ1) is 11.9. The van der Waals surface area contributed by atoms with Gasteiger partial charge in [0.2, 0.25) is 5.91 Å². The van der Waals surface area contributed by atoms with Crippen molar-refractivity contribution in [1.29, 1.82) is 0 Å². The molecule has 0 saturated carbocycles. The number of thiophene rings is 1. The highest BCUT2D eigenvalue weighted by atomic mass is 32.1. The zero-order valence-corrected chi connectivity index (χ0v) is 14.8. The third-order valence-corrected chi connectivity index (χ3v) is 4.91. The lowest BCUT2D eigenvalue weighted by atomic mass is 10.1. The van der Waals surface area contributed by atoms with Crippen LogP contribution >= 0.6 is 11.3 Å². The van der Waals surface area contributed by atoms with Crippen LogP contribution in [0.4, 0.5) is 0 Å². The molecule has 9 heteroatoms. The number of aliphatic hydroxyl groups excluding tert-OH is 2. The number of hydrogen-bond donors (Lipinski definition) is 4. The molecule has 138 valence electrons. The van der Waals surface area contributed by atoms with E-state index in [0.29, 0.717) is 25.9 Å². The Morgan fingerprint density at radius 2 is 2.12 bits per heavy atom. The summed E-state index contributed by atoms with van der Waals surface area (Å²) in [6.07, 6.45) is -2.46. The first kappa shape index (κ1) is 19.4. The standard InChI is InChI=1S/C16H23N3O5S/c1-10(20)18-11-5-7-19(9-11)16(24)14(22)13(21)15(23)17-6-4-12-3-2-8-25-12/h2-3,8,11,13-14,21-22H,4-7,9H2,1H3,(H,17,23)(H,18,20)/t11-,13+,14+/m0/s1. The molecule has 1 aliphatic heterocycles. The number of aliphatic hydroxyl groups is 2. The van der Waals surface area contributed by atoms with Crippen LogP contribution in [0.25, 0.3) is 0 Å². The van der Waals surface area contributed by atoms with Crippen LogP contribution in [0.1, 0.15) is 18.2 Å². The minimum Gasteiger partial charge on any atom is -0.380 e. The molecule has 1 fully saturated rings. The first-order valence-electron chi connectivity index (χ1n) is 8.10. The Balaban J connectivity index is 1.77. The molecule has 0 bridgehead atoms. The van der Waals surface area contributed by atoms with Crippen LogP contribution in [0.15, 0.2) is 17.5 Å². The molecular formula is C16H23N3O5S. The van der Waals surface area contributed by atoms with Crippen LogP contribution in [-0.4, -0.2) is 70.7 Å². The topological polar surface area (TPSA) is 119 Å². The molecule has 2 heterocycles. The molecule has 0 aromatic carbocycles. The number of rotatable bonds is 7. The Bertz CT molecular complexity index is 607. The average molecular weight is 369 g/mol. The molecule has 1 aromatic heterocycles. The fourth-order valence-electron chi connectivity index (χ4n) is 2.70. The first-order valence-corrected chi connectivity index (χ1v) is 8.98. The monoisotopic (exact) mass is 369 g/mol. The van der Waals surface area contributed by atoms with Gasteiger partial charge in [-0.05, 0) is 24.3 Å². The number of hydrogen-bond acceptors (Lipinski definition) is 6. The van der Waals surface area contributed by atoms with Crippen LogP contribution in [0, 0.1) is 0 Å². The SMILES string of the molecule is CC(=O)N[C@H]1CCN(C(=O)[C@H](O)[C@@H](O)C(=O)NCCc2cccs2)C1. The van der Waals surface area contributed by atoms with Crippen LogP contribution in [0.2, 0.25) is 0 Å². The van der Waals surface area contributed by atoms with Gasteiger partial charge in [-0.3, -0.25) is 14.4 Å². The molecule has 2 rings (SSSR count). The minimum atomic E-state index is -1.82. The number of nitrogens with zero attached hydrogens (tertiary/aromatic N) is 1.